The normalized spacial score (nSPS) is 13.7. The van der Waals surface area contributed by atoms with E-state index in [1.807, 2.05) is 0 Å². The van der Waals surface area contributed by atoms with Gasteiger partial charge in [0.15, 0.2) is 0 Å². The minimum Gasteiger partial charge on any atom is -0.310 e. The van der Waals surface area contributed by atoms with Crippen LogP contribution in [0.3, 0.4) is 0 Å². The summed E-state index contributed by atoms with van der Waals surface area (Å²) in [6.07, 6.45) is 0. The van der Waals surface area contributed by atoms with Crippen molar-refractivity contribution in [3.05, 3.63) is 305 Å². The zero-order chi connectivity index (χ0) is 41.8. The Hall–Kier alpha value is -8.00. The number of hydrogen-bond acceptors (Lipinski definition) is 1. The summed E-state index contributed by atoms with van der Waals surface area (Å²) in [5, 5.41) is 0. The molecular formula is C62H43N. The number of anilines is 3. The Labute approximate surface area is 369 Å². The first kappa shape index (κ1) is 36.8. The van der Waals surface area contributed by atoms with E-state index in [1.54, 1.807) is 0 Å². The van der Waals surface area contributed by atoms with Gasteiger partial charge in [0.1, 0.15) is 0 Å². The maximum absolute atomic E-state index is 2.56. The van der Waals surface area contributed by atoms with E-state index in [4.69, 9.17) is 0 Å². The molecule has 1 nitrogen and oxygen atoms in total. The van der Waals surface area contributed by atoms with Crippen LogP contribution in [0.5, 0.6) is 0 Å². The lowest BCUT2D eigenvalue weighted by Gasteiger charge is -2.41. The fraction of sp³-hybridized carbons (Fsp3) is 0.0323. The fourth-order valence-corrected chi connectivity index (χ4v) is 11.2. The highest BCUT2D eigenvalue weighted by Gasteiger charge is 2.50. The van der Waals surface area contributed by atoms with E-state index in [9.17, 15) is 0 Å². The van der Waals surface area contributed by atoms with Crippen LogP contribution in [0.25, 0.3) is 33.4 Å². The van der Waals surface area contributed by atoms with Crippen molar-refractivity contribution in [2.75, 3.05) is 4.90 Å². The summed E-state index contributed by atoms with van der Waals surface area (Å²) in [7, 11) is 0. The molecule has 2 aliphatic carbocycles. The van der Waals surface area contributed by atoms with Crippen LogP contribution < -0.4 is 4.90 Å². The van der Waals surface area contributed by atoms with E-state index in [2.05, 4.69) is 266 Å². The third kappa shape index (κ3) is 5.43. The lowest BCUT2D eigenvalue weighted by molar-refractivity contribution is 0.760. The molecule has 0 atom stereocenters. The first-order valence-electron chi connectivity index (χ1n) is 21.9. The second-order valence-corrected chi connectivity index (χ2v) is 16.7. The highest BCUT2D eigenvalue weighted by molar-refractivity contribution is 5.93. The molecule has 63 heavy (non-hydrogen) atoms. The maximum atomic E-state index is 2.56. The lowest BCUT2D eigenvalue weighted by atomic mass is 9.66. The van der Waals surface area contributed by atoms with Gasteiger partial charge in [0.2, 0.25) is 0 Å². The predicted molar refractivity (Wildman–Crippen MR) is 261 cm³/mol. The average molecular weight is 802 g/mol. The molecule has 0 radical (unpaired) electrons. The van der Waals surface area contributed by atoms with Crippen LogP contribution in [0.2, 0.25) is 0 Å². The molecule has 1 heteroatoms. The summed E-state index contributed by atoms with van der Waals surface area (Å²) >= 11 is 0. The monoisotopic (exact) mass is 801 g/mol. The molecule has 2 aliphatic rings. The van der Waals surface area contributed by atoms with Gasteiger partial charge in [0.25, 0.3) is 0 Å². The molecule has 10 aromatic rings. The van der Waals surface area contributed by atoms with Crippen molar-refractivity contribution in [1.82, 2.24) is 0 Å². The Morgan fingerprint density at radius 3 is 0.889 bits per heavy atom. The summed E-state index contributed by atoms with van der Waals surface area (Å²) in [4.78, 5) is 2.56. The Bertz CT molecular complexity index is 3000. The first-order chi connectivity index (χ1) is 31.3. The van der Waals surface area contributed by atoms with Crippen LogP contribution in [0.4, 0.5) is 17.1 Å². The summed E-state index contributed by atoms with van der Waals surface area (Å²) in [5.74, 6) is 0. The van der Waals surface area contributed by atoms with Gasteiger partial charge >= 0.3 is 0 Å². The van der Waals surface area contributed by atoms with E-state index < -0.39 is 10.8 Å². The van der Waals surface area contributed by atoms with Gasteiger partial charge in [-0.05, 0) is 102 Å². The molecule has 0 amide bonds. The zero-order valence-corrected chi connectivity index (χ0v) is 34.8. The third-order valence-electron chi connectivity index (χ3n) is 13.6. The lowest BCUT2D eigenvalue weighted by Crippen LogP contribution is -2.33. The molecule has 0 saturated carbocycles. The molecule has 296 valence electrons. The van der Waals surface area contributed by atoms with Crippen molar-refractivity contribution in [3.8, 4) is 33.4 Å². The van der Waals surface area contributed by atoms with Crippen LogP contribution in [-0.2, 0) is 10.8 Å². The van der Waals surface area contributed by atoms with Crippen molar-refractivity contribution >= 4 is 17.1 Å². The molecule has 0 bridgehead atoms. The quantitative estimate of drug-likeness (QED) is 0.148. The Morgan fingerprint density at radius 2 is 0.508 bits per heavy atom. The summed E-state index contributed by atoms with van der Waals surface area (Å²) in [6, 6.07) is 96.7. The highest BCUT2D eigenvalue weighted by Crippen LogP contribution is 2.61. The Kier molecular flexibility index (Phi) is 8.69. The molecule has 0 aromatic heterocycles. The van der Waals surface area contributed by atoms with E-state index in [-0.39, 0.29) is 0 Å². The second-order valence-electron chi connectivity index (χ2n) is 16.7. The smallest absolute Gasteiger partial charge is 0.0733 e. The van der Waals surface area contributed by atoms with Crippen molar-refractivity contribution in [2.45, 2.75) is 10.8 Å². The van der Waals surface area contributed by atoms with Gasteiger partial charge in [-0.15, -0.1) is 0 Å². The summed E-state index contributed by atoms with van der Waals surface area (Å²) in [6.45, 7) is 0. The van der Waals surface area contributed by atoms with Gasteiger partial charge < -0.3 is 4.90 Å². The molecule has 0 heterocycles. The molecular weight excluding hydrogens is 759 g/mol. The van der Waals surface area contributed by atoms with E-state index in [1.165, 1.54) is 77.9 Å². The summed E-state index contributed by atoms with van der Waals surface area (Å²) in [5.41, 5.74) is 19.6. The minimum atomic E-state index is -0.619. The van der Waals surface area contributed by atoms with Crippen LogP contribution in [0, 0.1) is 0 Å². The van der Waals surface area contributed by atoms with Crippen molar-refractivity contribution < 1.29 is 0 Å². The topological polar surface area (TPSA) is 3.24 Å². The van der Waals surface area contributed by atoms with Crippen molar-refractivity contribution in [2.24, 2.45) is 0 Å². The summed E-state index contributed by atoms with van der Waals surface area (Å²) < 4.78 is 0. The van der Waals surface area contributed by atoms with Gasteiger partial charge in [0, 0.05) is 5.69 Å². The molecule has 0 saturated heterocycles. The molecule has 0 fully saturated rings. The van der Waals surface area contributed by atoms with Gasteiger partial charge in [-0.3, -0.25) is 0 Å². The zero-order valence-electron chi connectivity index (χ0n) is 34.8. The Morgan fingerprint density at radius 1 is 0.222 bits per heavy atom. The van der Waals surface area contributed by atoms with Crippen LogP contribution in [0.1, 0.15) is 44.5 Å². The molecule has 0 N–H and O–H groups in total. The molecule has 12 rings (SSSR count). The molecule has 0 aliphatic heterocycles. The SMILES string of the molecule is c1ccc(-c2ccc(N(c3ccccc3C3(c4ccccc4)c4ccccc4-c4ccccc43)c3ccccc3C3(c4ccccc4)c4ccccc4-c4ccccc43)cc2)cc1. The number of fused-ring (bicyclic) bond motifs is 6. The maximum Gasteiger partial charge on any atom is 0.0733 e. The van der Waals surface area contributed by atoms with Crippen LogP contribution >= 0.6 is 0 Å². The molecule has 0 spiro atoms. The Balaban J connectivity index is 1.20. The van der Waals surface area contributed by atoms with E-state index in [0.717, 1.165) is 17.1 Å². The van der Waals surface area contributed by atoms with E-state index >= 15 is 0 Å². The first-order valence-corrected chi connectivity index (χ1v) is 21.9. The number of nitrogens with zero attached hydrogens (tertiary/aromatic N) is 1. The molecule has 0 unspecified atom stereocenters. The number of benzene rings is 10. The number of para-hydroxylation sites is 2. The van der Waals surface area contributed by atoms with Gasteiger partial charge in [0.05, 0.1) is 22.2 Å². The van der Waals surface area contributed by atoms with Crippen LogP contribution in [-0.4, -0.2) is 0 Å². The number of rotatable bonds is 8. The van der Waals surface area contributed by atoms with E-state index in [0.29, 0.717) is 0 Å². The highest BCUT2D eigenvalue weighted by atomic mass is 15.1. The van der Waals surface area contributed by atoms with Gasteiger partial charge in [-0.25, -0.2) is 0 Å². The molecule has 10 aromatic carbocycles. The number of hydrogen-bond donors (Lipinski definition) is 0. The van der Waals surface area contributed by atoms with Gasteiger partial charge in [-0.1, -0.05) is 237 Å². The average Bonchev–Trinajstić information content (AvgIpc) is 3.84. The van der Waals surface area contributed by atoms with Crippen molar-refractivity contribution in [1.29, 1.82) is 0 Å². The fourth-order valence-electron chi connectivity index (χ4n) is 11.2. The van der Waals surface area contributed by atoms with Crippen LogP contribution in [0.15, 0.2) is 261 Å². The minimum absolute atomic E-state index is 0.619. The standard InChI is InChI=1S/C62H43N/c1-4-22-44(23-5-1)45-40-42-48(43-41-45)63(59-38-20-18-36-57(59)61(46-24-6-2-7-25-46)53-32-14-10-28-49(53)50-29-11-15-33-54(50)61)60-39-21-19-37-58(60)62(47-26-8-3-9-27-47)55-34-16-12-30-51(55)52-31-13-17-35-56(52)62/h1-43H. The third-order valence-corrected chi connectivity index (χ3v) is 13.6. The predicted octanol–water partition coefficient (Wildman–Crippen LogP) is 15.5. The van der Waals surface area contributed by atoms with Gasteiger partial charge in [-0.2, -0.15) is 0 Å². The van der Waals surface area contributed by atoms with Crippen molar-refractivity contribution in [3.63, 3.8) is 0 Å². The second kappa shape index (κ2) is 14.9. The largest absolute Gasteiger partial charge is 0.310 e.